The van der Waals surface area contributed by atoms with Crippen LogP contribution in [0.2, 0.25) is 19.6 Å². The van der Waals surface area contributed by atoms with E-state index in [1.807, 2.05) is 0 Å². The Bertz CT molecular complexity index is 384. The van der Waals surface area contributed by atoms with Crippen LogP contribution in [0.25, 0.3) is 0 Å². The average molecular weight is 339 g/mol. The second-order valence-electron chi connectivity index (χ2n) is 8.11. The zero-order valence-electron chi connectivity index (χ0n) is 16.1. The molecule has 1 saturated heterocycles. The molecular formula is C16H36FO2PSi. The van der Waals surface area contributed by atoms with Crippen LogP contribution in [0.3, 0.4) is 0 Å². The van der Waals surface area contributed by atoms with E-state index < -0.39 is 14.7 Å². The van der Waals surface area contributed by atoms with Gasteiger partial charge < -0.3 is 4.74 Å². The van der Waals surface area contributed by atoms with E-state index in [1.54, 1.807) is 19.6 Å². The SMILES string of the molecule is CC(C)=C(C)C.CC1(C)OC1(C)C.C[Si](C)(C)P(C)(=O)F. The fourth-order valence-corrected chi connectivity index (χ4v) is 0.612. The molecule has 2 nitrogen and oxygen atoms in total. The standard InChI is InChI=1S/C6H12O.C6H12.C4H12FOPSi/c1-5(2)6(3,4)7-5;1-5(2)6(3)4;1-7(5,6)8(2,3)4/h1-4H3;1-4H3;1-4H3. The lowest BCUT2D eigenvalue weighted by molar-refractivity contribution is 0.296. The molecule has 0 N–H and O–H groups in total. The normalized spacial score (nSPS) is 20.8. The first-order valence-electron chi connectivity index (χ1n) is 7.43. The van der Waals surface area contributed by atoms with Gasteiger partial charge in [-0.3, -0.25) is 4.57 Å². The molecule has 0 radical (unpaired) electrons. The van der Waals surface area contributed by atoms with Gasteiger partial charge in [-0.05, 0) is 55.4 Å². The summed E-state index contributed by atoms with van der Waals surface area (Å²) < 4.78 is 28.4. The summed E-state index contributed by atoms with van der Waals surface area (Å²) in [5.41, 5.74) is 3.14. The molecule has 1 aliphatic heterocycles. The molecular weight excluding hydrogens is 302 g/mol. The van der Waals surface area contributed by atoms with E-state index in [2.05, 4.69) is 55.4 Å². The molecule has 0 aromatic rings. The van der Waals surface area contributed by atoms with Gasteiger partial charge in [0.2, 0.25) is 7.00 Å². The molecule has 0 saturated carbocycles. The molecule has 1 rings (SSSR count). The van der Waals surface area contributed by atoms with Gasteiger partial charge in [-0.25, -0.2) is 0 Å². The fraction of sp³-hybridized carbons (Fsp3) is 0.875. The van der Waals surface area contributed by atoms with Crippen LogP contribution >= 0.6 is 7.00 Å². The Balaban J connectivity index is 0. The van der Waals surface area contributed by atoms with Crippen molar-refractivity contribution in [1.82, 2.24) is 0 Å². The van der Waals surface area contributed by atoms with Crippen molar-refractivity contribution in [1.29, 1.82) is 0 Å². The molecule has 0 amide bonds. The summed E-state index contributed by atoms with van der Waals surface area (Å²) in [6, 6.07) is 0. The van der Waals surface area contributed by atoms with Gasteiger partial charge in [0.05, 0.1) is 11.2 Å². The van der Waals surface area contributed by atoms with Gasteiger partial charge in [0.1, 0.15) is 0 Å². The van der Waals surface area contributed by atoms with Gasteiger partial charge in [0.15, 0.2) is 7.74 Å². The smallest absolute Gasteiger partial charge is 0.216 e. The van der Waals surface area contributed by atoms with Crippen molar-refractivity contribution in [3.8, 4) is 0 Å². The zero-order valence-corrected chi connectivity index (χ0v) is 18.0. The number of halogens is 1. The van der Waals surface area contributed by atoms with E-state index >= 15 is 0 Å². The minimum absolute atomic E-state index is 0.146. The Morgan fingerprint density at radius 3 is 1.05 bits per heavy atom. The Labute approximate surface area is 132 Å². The fourth-order valence-electron chi connectivity index (χ4n) is 0.612. The topological polar surface area (TPSA) is 29.6 Å². The Morgan fingerprint density at radius 1 is 0.905 bits per heavy atom. The molecule has 1 aliphatic rings. The van der Waals surface area contributed by atoms with Gasteiger partial charge in [-0.2, -0.15) is 4.20 Å². The first kappa shape index (κ1) is 23.3. The Hall–Kier alpha value is 0.0769. The summed E-state index contributed by atoms with van der Waals surface area (Å²) in [6.07, 6.45) is 0. The maximum Gasteiger partial charge on any atom is 0.216 e. The number of ether oxygens (including phenoxy) is 1. The second kappa shape index (κ2) is 7.57. The summed E-state index contributed by atoms with van der Waals surface area (Å²) in [6.45, 7) is 23.4. The van der Waals surface area contributed by atoms with Crippen LogP contribution in [0.5, 0.6) is 0 Å². The van der Waals surface area contributed by atoms with Gasteiger partial charge in [0, 0.05) is 6.66 Å². The summed E-state index contributed by atoms with van der Waals surface area (Å²) in [4.78, 5) is 0. The van der Waals surface area contributed by atoms with Crippen molar-refractivity contribution >= 4 is 14.7 Å². The van der Waals surface area contributed by atoms with Crippen LogP contribution in [0.4, 0.5) is 4.20 Å². The third-order valence-electron chi connectivity index (χ3n) is 4.12. The number of allylic oxidation sites excluding steroid dienone is 2. The summed E-state index contributed by atoms with van der Waals surface area (Å²) >= 11 is 0. The molecule has 128 valence electrons. The summed E-state index contributed by atoms with van der Waals surface area (Å²) in [5.74, 6) is 0. The molecule has 1 heterocycles. The first-order chi connectivity index (χ1) is 8.85. The van der Waals surface area contributed by atoms with Crippen molar-refractivity contribution in [3.63, 3.8) is 0 Å². The van der Waals surface area contributed by atoms with Crippen LogP contribution in [0, 0.1) is 0 Å². The van der Waals surface area contributed by atoms with Gasteiger partial charge in [0.25, 0.3) is 0 Å². The van der Waals surface area contributed by atoms with Crippen LogP contribution in [-0.4, -0.2) is 25.6 Å². The quantitative estimate of drug-likeness (QED) is 0.232. The highest BCUT2D eigenvalue weighted by molar-refractivity contribution is 7.95. The van der Waals surface area contributed by atoms with E-state index in [-0.39, 0.29) is 11.2 Å². The number of rotatable bonds is 1. The summed E-state index contributed by atoms with van der Waals surface area (Å²) in [5, 5.41) is 0. The van der Waals surface area contributed by atoms with E-state index in [0.717, 1.165) is 0 Å². The minimum Gasteiger partial charge on any atom is -0.364 e. The molecule has 1 fully saturated rings. The third-order valence-corrected chi connectivity index (χ3v) is 13.7. The van der Waals surface area contributed by atoms with Crippen molar-refractivity contribution < 1.29 is 13.5 Å². The number of hydrogen-bond acceptors (Lipinski definition) is 2. The average Bonchev–Trinajstić information content (AvgIpc) is 2.59. The van der Waals surface area contributed by atoms with Crippen molar-refractivity contribution in [3.05, 3.63) is 11.1 Å². The second-order valence-corrected chi connectivity index (χ2v) is 20.5. The van der Waals surface area contributed by atoms with Crippen LogP contribution in [0.15, 0.2) is 11.1 Å². The van der Waals surface area contributed by atoms with E-state index in [9.17, 15) is 8.76 Å². The molecule has 0 aromatic carbocycles. The molecule has 0 aliphatic carbocycles. The first-order valence-corrected chi connectivity index (χ1v) is 13.8. The van der Waals surface area contributed by atoms with Crippen molar-refractivity contribution in [2.75, 3.05) is 6.66 Å². The maximum absolute atomic E-state index is 12.5. The van der Waals surface area contributed by atoms with Gasteiger partial charge in [-0.1, -0.05) is 30.8 Å². The van der Waals surface area contributed by atoms with Crippen molar-refractivity contribution in [2.45, 2.75) is 86.2 Å². The minimum atomic E-state index is -3.21. The predicted molar refractivity (Wildman–Crippen MR) is 96.9 cm³/mol. The monoisotopic (exact) mass is 338 g/mol. The van der Waals surface area contributed by atoms with E-state index in [0.29, 0.717) is 0 Å². The molecule has 1 unspecified atom stereocenters. The van der Waals surface area contributed by atoms with E-state index in [4.69, 9.17) is 4.74 Å². The molecule has 1 atom stereocenters. The Kier molecular flexibility index (Phi) is 8.41. The number of epoxide rings is 1. The molecule has 5 heteroatoms. The maximum atomic E-state index is 12.5. The molecule has 0 aromatic heterocycles. The summed E-state index contributed by atoms with van der Waals surface area (Å²) in [7, 11) is -5.18. The highest BCUT2D eigenvalue weighted by Crippen LogP contribution is 2.52. The third kappa shape index (κ3) is 9.65. The number of hydrogen-bond donors (Lipinski definition) is 0. The van der Waals surface area contributed by atoms with Crippen LogP contribution in [-0.2, 0) is 9.30 Å². The van der Waals surface area contributed by atoms with E-state index in [1.165, 1.54) is 17.8 Å². The molecule has 0 spiro atoms. The van der Waals surface area contributed by atoms with Gasteiger partial charge >= 0.3 is 0 Å². The van der Waals surface area contributed by atoms with Crippen LogP contribution in [0.1, 0.15) is 55.4 Å². The zero-order chi connectivity index (χ0) is 17.9. The molecule has 0 bridgehead atoms. The lowest BCUT2D eigenvalue weighted by Crippen LogP contribution is -2.17. The lowest BCUT2D eigenvalue weighted by atomic mass is 10.0. The predicted octanol–water partition coefficient (Wildman–Crippen LogP) is 6.64. The van der Waals surface area contributed by atoms with Gasteiger partial charge in [-0.15, -0.1) is 0 Å². The molecule has 21 heavy (non-hydrogen) atoms. The van der Waals surface area contributed by atoms with Crippen molar-refractivity contribution in [2.24, 2.45) is 0 Å². The highest BCUT2D eigenvalue weighted by Gasteiger charge is 2.55. The highest BCUT2D eigenvalue weighted by atomic mass is 31.4. The lowest BCUT2D eigenvalue weighted by Gasteiger charge is -2.16. The Morgan fingerprint density at radius 2 is 1.05 bits per heavy atom. The largest absolute Gasteiger partial charge is 0.364 e. The van der Waals surface area contributed by atoms with Crippen LogP contribution < -0.4 is 0 Å².